The average molecular weight is 404 g/mol. The van der Waals surface area contributed by atoms with Gasteiger partial charge in [0.05, 0.1) is 22.8 Å². The van der Waals surface area contributed by atoms with Crippen LogP contribution in [0.3, 0.4) is 0 Å². The minimum absolute atomic E-state index is 0.0106. The number of carbonyl (C=O) groups is 2. The van der Waals surface area contributed by atoms with E-state index >= 15 is 0 Å². The first kappa shape index (κ1) is 16.9. The zero-order valence-electron chi connectivity index (χ0n) is 13.2. The number of hydrogen-bond acceptors (Lipinski definition) is 4. The van der Waals surface area contributed by atoms with E-state index in [4.69, 9.17) is 5.11 Å². The van der Waals surface area contributed by atoms with Gasteiger partial charge in [-0.1, -0.05) is 12.1 Å². The first-order valence-corrected chi connectivity index (χ1v) is 8.07. The third-order valence-electron chi connectivity index (χ3n) is 3.41. The lowest BCUT2D eigenvalue weighted by Gasteiger charge is -2.07. The SMILES string of the molecule is Cn1cc(C(=O)Nc2cccc(Cn3cc(Br)cn3)c2)c(C(=O)O)n1. The maximum Gasteiger partial charge on any atom is 0.357 e. The van der Waals surface area contributed by atoms with Gasteiger partial charge in [0.15, 0.2) is 5.69 Å². The van der Waals surface area contributed by atoms with Crippen LogP contribution in [0.25, 0.3) is 0 Å². The number of hydrogen-bond donors (Lipinski definition) is 2. The van der Waals surface area contributed by atoms with Crippen LogP contribution in [0, 0.1) is 0 Å². The molecule has 0 aliphatic rings. The number of halogens is 1. The molecule has 8 nitrogen and oxygen atoms in total. The zero-order valence-corrected chi connectivity index (χ0v) is 14.8. The van der Waals surface area contributed by atoms with Gasteiger partial charge in [-0.2, -0.15) is 10.2 Å². The van der Waals surface area contributed by atoms with Gasteiger partial charge in [0.1, 0.15) is 0 Å². The van der Waals surface area contributed by atoms with Crippen molar-refractivity contribution in [3.63, 3.8) is 0 Å². The van der Waals surface area contributed by atoms with Gasteiger partial charge in [0.2, 0.25) is 0 Å². The number of benzene rings is 1. The molecule has 0 unspecified atom stereocenters. The fraction of sp³-hybridized carbons (Fsp3) is 0.125. The highest BCUT2D eigenvalue weighted by Gasteiger charge is 2.21. The Labute approximate surface area is 151 Å². The van der Waals surface area contributed by atoms with E-state index in [2.05, 4.69) is 31.4 Å². The van der Waals surface area contributed by atoms with Crippen molar-refractivity contribution in [2.75, 3.05) is 5.32 Å². The van der Waals surface area contributed by atoms with E-state index in [0.717, 1.165) is 10.0 Å². The Hall–Kier alpha value is -2.94. The number of carboxylic acid groups (broad SMARTS) is 1. The molecule has 128 valence electrons. The average Bonchev–Trinajstić information content (AvgIpc) is 3.13. The highest BCUT2D eigenvalue weighted by atomic mass is 79.9. The standard InChI is InChI=1S/C16H14BrN5O3/c1-21-9-13(14(20-21)16(24)25)15(23)19-12-4-2-3-10(5-12)7-22-8-11(17)6-18-22/h2-6,8-9H,7H2,1H3,(H,19,23)(H,24,25). The van der Waals surface area contributed by atoms with E-state index < -0.39 is 11.9 Å². The molecular weight excluding hydrogens is 390 g/mol. The Morgan fingerprint density at radius 1 is 1.32 bits per heavy atom. The Bertz CT molecular complexity index is 947. The number of rotatable bonds is 5. The molecular formula is C16H14BrN5O3. The van der Waals surface area contributed by atoms with Gasteiger partial charge in [0.25, 0.3) is 5.91 Å². The van der Waals surface area contributed by atoms with Crippen molar-refractivity contribution in [3.8, 4) is 0 Å². The first-order chi connectivity index (χ1) is 11.9. The topological polar surface area (TPSA) is 102 Å². The molecule has 1 aromatic carbocycles. The van der Waals surface area contributed by atoms with Crippen molar-refractivity contribution in [1.29, 1.82) is 0 Å². The minimum Gasteiger partial charge on any atom is -0.476 e. The second kappa shape index (κ2) is 6.89. The monoisotopic (exact) mass is 403 g/mol. The quantitative estimate of drug-likeness (QED) is 0.680. The summed E-state index contributed by atoms with van der Waals surface area (Å²) in [5.74, 6) is -1.77. The van der Waals surface area contributed by atoms with Crippen LogP contribution < -0.4 is 5.32 Å². The number of nitrogens with zero attached hydrogens (tertiary/aromatic N) is 4. The van der Waals surface area contributed by atoms with Gasteiger partial charge in [-0.3, -0.25) is 14.2 Å². The predicted octanol–water partition coefficient (Wildman–Crippen LogP) is 2.38. The molecule has 0 spiro atoms. The molecule has 0 aliphatic heterocycles. The van der Waals surface area contributed by atoms with Crippen molar-refractivity contribution < 1.29 is 14.7 Å². The molecule has 0 saturated heterocycles. The van der Waals surface area contributed by atoms with E-state index in [1.807, 2.05) is 24.4 Å². The highest BCUT2D eigenvalue weighted by Crippen LogP contribution is 2.16. The predicted molar refractivity (Wildman–Crippen MR) is 93.6 cm³/mol. The molecule has 0 bridgehead atoms. The summed E-state index contributed by atoms with van der Waals surface area (Å²) in [5.41, 5.74) is 1.24. The summed E-state index contributed by atoms with van der Waals surface area (Å²) in [6.45, 7) is 0.544. The van der Waals surface area contributed by atoms with Crippen molar-refractivity contribution in [3.05, 3.63) is 64.1 Å². The summed E-state index contributed by atoms with van der Waals surface area (Å²) in [6, 6.07) is 7.27. The lowest BCUT2D eigenvalue weighted by molar-refractivity contribution is 0.0685. The van der Waals surface area contributed by atoms with Crippen molar-refractivity contribution in [1.82, 2.24) is 19.6 Å². The van der Waals surface area contributed by atoms with Gasteiger partial charge in [-0.25, -0.2) is 4.79 Å². The lowest BCUT2D eigenvalue weighted by atomic mass is 10.2. The van der Waals surface area contributed by atoms with Crippen LogP contribution in [0.4, 0.5) is 5.69 Å². The third-order valence-corrected chi connectivity index (χ3v) is 3.82. The number of aryl methyl sites for hydroxylation is 1. The van der Waals surface area contributed by atoms with Crippen LogP contribution >= 0.6 is 15.9 Å². The van der Waals surface area contributed by atoms with Crippen LogP contribution in [0.2, 0.25) is 0 Å². The highest BCUT2D eigenvalue weighted by molar-refractivity contribution is 9.10. The number of amides is 1. The normalized spacial score (nSPS) is 10.6. The maximum atomic E-state index is 12.4. The number of aromatic carboxylic acids is 1. The fourth-order valence-corrected chi connectivity index (χ4v) is 2.70. The smallest absolute Gasteiger partial charge is 0.357 e. The molecule has 0 radical (unpaired) electrons. The molecule has 2 aromatic heterocycles. The summed E-state index contributed by atoms with van der Waals surface area (Å²) in [5, 5.41) is 19.8. The number of carboxylic acids is 1. The van der Waals surface area contributed by atoms with E-state index in [9.17, 15) is 9.59 Å². The van der Waals surface area contributed by atoms with Gasteiger partial charge in [-0.05, 0) is 33.6 Å². The molecule has 25 heavy (non-hydrogen) atoms. The summed E-state index contributed by atoms with van der Waals surface area (Å²) in [7, 11) is 1.56. The molecule has 2 N–H and O–H groups in total. The van der Waals surface area contributed by atoms with Gasteiger partial charge in [0, 0.05) is 25.1 Å². The molecule has 2 heterocycles. The van der Waals surface area contributed by atoms with Gasteiger partial charge >= 0.3 is 5.97 Å². The van der Waals surface area contributed by atoms with Crippen molar-refractivity contribution in [2.24, 2.45) is 7.05 Å². The molecule has 0 fully saturated rings. The summed E-state index contributed by atoms with van der Waals surface area (Å²) >= 11 is 3.34. The largest absolute Gasteiger partial charge is 0.476 e. The zero-order chi connectivity index (χ0) is 18.0. The second-order valence-corrected chi connectivity index (χ2v) is 6.30. The van der Waals surface area contributed by atoms with Crippen molar-refractivity contribution in [2.45, 2.75) is 6.54 Å². The minimum atomic E-state index is -1.25. The molecule has 3 rings (SSSR count). The van der Waals surface area contributed by atoms with E-state index in [0.29, 0.717) is 12.2 Å². The molecule has 0 atom stereocenters. The summed E-state index contributed by atoms with van der Waals surface area (Å²) in [6.07, 6.45) is 4.92. The van der Waals surface area contributed by atoms with Crippen LogP contribution in [-0.2, 0) is 13.6 Å². The van der Waals surface area contributed by atoms with Gasteiger partial charge in [-0.15, -0.1) is 0 Å². The Morgan fingerprint density at radius 2 is 2.12 bits per heavy atom. The second-order valence-electron chi connectivity index (χ2n) is 5.38. The van der Waals surface area contributed by atoms with Crippen molar-refractivity contribution >= 4 is 33.5 Å². The molecule has 1 amide bonds. The lowest BCUT2D eigenvalue weighted by Crippen LogP contribution is -2.15. The number of carbonyl (C=O) groups excluding carboxylic acids is 1. The van der Waals surface area contributed by atoms with E-state index in [1.54, 1.807) is 24.0 Å². The van der Waals surface area contributed by atoms with Crippen LogP contribution in [0.15, 0.2) is 47.3 Å². The fourth-order valence-electron chi connectivity index (χ4n) is 2.37. The van der Waals surface area contributed by atoms with Gasteiger partial charge < -0.3 is 10.4 Å². The Morgan fingerprint density at radius 3 is 2.80 bits per heavy atom. The Kier molecular flexibility index (Phi) is 4.66. The number of aromatic nitrogens is 4. The Balaban J connectivity index is 1.78. The van der Waals surface area contributed by atoms with E-state index in [1.165, 1.54) is 10.9 Å². The van der Waals surface area contributed by atoms with Crippen LogP contribution in [-0.4, -0.2) is 36.5 Å². The molecule has 3 aromatic rings. The number of nitrogens with one attached hydrogen (secondary N) is 1. The van der Waals surface area contributed by atoms with E-state index in [-0.39, 0.29) is 11.3 Å². The molecule has 9 heteroatoms. The maximum absolute atomic E-state index is 12.4. The van der Waals surface area contributed by atoms with Crippen LogP contribution in [0.5, 0.6) is 0 Å². The molecule has 0 aliphatic carbocycles. The third kappa shape index (κ3) is 3.94. The molecule has 0 saturated carbocycles. The number of anilines is 1. The summed E-state index contributed by atoms with van der Waals surface area (Å²) < 4.78 is 3.94. The van der Waals surface area contributed by atoms with Crippen LogP contribution in [0.1, 0.15) is 26.4 Å². The summed E-state index contributed by atoms with van der Waals surface area (Å²) in [4.78, 5) is 23.6. The first-order valence-electron chi connectivity index (χ1n) is 7.27.